The molecule has 0 radical (unpaired) electrons. The lowest BCUT2D eigenvalue weighted by Gasteiger charge is -2.16. The molecule has 1 atom stereocenters. The number of aryl methyl sites for hydroxylation is 2. The Morgan fingerprint density at radius 2 is 1.29 bits per heavy atom. The molecule has 0 aliphatic carbocycles. The van der Waals surface area contributed by atoms with E-state index in [4.69, 9.17) is 5.73 Å². The highest BCUT2D eigenvalue weighted by molar-refractivity contribution is 7.92. The summed E-state index contributed by atoms with van der Waals surface area (Å²) in [6.07, 6.45) is 3.08. The number of hydrogen-bond acceptors (Lipinski definition) is 10. The van der Waals surface area contributed by atoms with Crippen LogP contribution < -0.4 is 29.1 Å². The first-order valence-corrected chi connectivity index (χ1v) is 18.5. The molecule has 0 spiro atoms. The maximum Gasteiger partial charge on any atom is 0.326 e. The van der Waals surface area contributed by atoms with Crippen LogP contribution >= 0.6 is 0 Å². The zero-order valence-electron chi connectivity index (χ0n) is 27.3. The largest absolute Gasteiger partial charge is 0.506 e. The van der Waals surface area contributed by atoms with Crippen molar-refractivity contribution >= 4 is 55.4 Å². The van der Waals surface area contributed by atoms with E-state index in [0.29, 0.717) is 44.2 Å². The first-order valence-electron chi connectivity index (χ1n) is 15.6. The van der Waals surface area contributed by atoms with Gasteiger partial charge in [0.2, 0.25) is 5.91 Å². The van der Waals surface area contributed by atoms with Crippen molar-refractivity contribution in [2.45, 2.75) is 39.0 Å². The smallest absolute Gasteiger partial charge is 0.326 e. The van der Waals surface area contributed by atoms with Crippen molar-refractivity contribution in [3.05, 3.63) is 83.2 Å². The molecule has 51 heavy (non-hydrogen) atoms. The van der Waals surface area contributed by atoms with Crippen molar-refractivity contribution < 1.29 is 50.6 Å². The maximum absolute atomic E-state index is 12.9. The van der Waals surface area contributed by atoms with Gasteiger partial charge in [0.25, 0.3) is 17.7 Å². The highest BCUT2D eigenvalue weighted by Gasteiger charge is 2.36. The van der Waals surface area contributed by atoms with E-state index in [0.717, 1.165) is 19.7 Å². The summed E-state index contributed by atoms with van der Waals surface area (Å²) in [5, 5.41) is 22.9. The molecule has 2 aliphatic rings. The van der Waals surface area contributed by atoms with Crippen LogP contribution in [0.25, 0.3) is 0 Å². The lowest BCUT2D eigenvalue weighted by molar-refractivity contribution is -0.121. The molecule has 2 saturated heterocycles. The molecule has 1 unspecified atom stereocenters. The SMILES string of the molecule is CC(CCCc1ccc(N2CC(=O)NS2(=O)=O)c(O)c1)C(N)=O.O=C1CN(c2ccc(CCCNC(=O)c3ccc(F)cc3)cc2O)S(=O)(=O)N1. The molecule has 0 aromatic heterocycles. The van der Waals surface area contributed by atoms with Crippen LogP contribution in [0.15, 0.2) is 60.7 Å². The lowest BCUT2D eigenvalue weighted by Crippen LogP contribution is -2.29. The number of hydrogen-bond donors (Lipinski definition) is 6. The summed E-state index contributed by atoms with van der Waals surface area (Å²) < 4.78 is 65.4. The minimum Gasteiger partial charge on any atom is -0.506 e. The van der Waals surface area contributed by atoms with Crippen LogP contribution in [0.1, 0.15) is 47.7 Å². The van der Waals surface area contributed by atoms with Crippen molar-refractivity contribution in [1.82, 2.24) is 14.8 Å². The second kappa shape index (κ2) is 16.1. The Labute approximate surface area is 293 Å². The standard InChI is InChI=1S/C18H18FN3O5S.C14H19N3O5S/c19-14-6-4-13(5-7-14)18(25)20-9-1-2-12-3-8-15(16(23)10-12)22-11-17(24)21-28(22,26)27;1-9(14(15)20)3-2-4-10-5-6-11(12(18)7-10)17-8-13(19)16-23(17,21)22/h3-8,10,23H,1-2,9,11H2,(H,20,25)(H,21,24);5-7,9,18H,2-4,8H2,1H3,(H2,15,20)(H,16,19). The van der Waals surface area contributed by atoms with Gasteiger partial charge in [0.05, 0.1) is 11.4 Å². The number of primary amides is 1. The summed E-state index contributed by atoms with van der Waals surface area (Å²) in [5.74, 6) is -3.07. The predicted molar refractivity (Wildman–Crippen MR) is 183 cm³/mol. The van der Waals surface area contributed by atoms with Gasteiger partial charge < -0.3 is 21.3 Å². The molecule has 16 nitrogen and oxygen atoms in total. The molecule has 7 N–H and O–H groups in total. The molecular weight excluding hydrogens is 712 g/mol. The first-order chi connectivity index (χ1) is 24.0. The van der Waals surface area contributed by atoms with Gasteiger partial charge in [-0.1, -0.05) is 19.1 Å². The molecule has 5 rings (SSSR count). The third-order valence-corrected chi connectivity index (χ3v) is 10.7. The van der Waals surface area contributed by atoms with Crippen molar-refractivity contribution in [1.29, 1.82) is 0 Å². The fourth-order valence-electron chi connectivity index (χ4n) is 5.15. The van der Waals surface area contributed by atoms with Gasteiger partial charge in [0, 0.05) is 18.0 Å². The summed E-state index contributed by atoms with van der Waals surface area (Å²) >= 11 is 0. The number of halogens is 1. The van der Waals surface area contributed by atoms with E-state index in [9.17, 15) is 50.6 Å². The fraction of sp³-hybridized carbons (Fsp3) is 0.312. The van der Waals surface area contributed by atoms with Gasteiger partial charge >= 0.3 is 20.4 Å². The average molecular weight is 749 g/mol. The van der Waals surface area contributed by atoms with Crippen LogP contribution in [0.4, 0.5) is 15.8 Å². The van der Waals surface area contributed by atoms with Gasteiger partial charge in [-0.3, -0.25) is 19.2 Å². The summed E-state index contributed by atoms with van der Waals surface area (Å²) in [7, 11) is -7.92. The van der Waals surface area contributed by atoms with Crippen LogP contribution in [-0.4, -0.2) is 70.3 Å². The Morgan fingerprint density at radius 1 is 0.824 bits per heavy atom. The predicted octanol–water partition coefficient (Wildman–Crippen LogP) is 1.09. The van der Waals surface area contributed by atoms with Crippen LogP contribution in [0.3, 0.4) is 0 Å². The van der Waals surface area contributed by atoms with Crippen molar-refractivity contribution in [2.75, 3.05) is 28.2 Å². The number of carbonyl (C=O) groups excluding carboxylic acids is 4. The number of nitrogens with one attached hydrogen (secondary N) is 3. The normalized spacial score (nSPS) is 16.4. The summed E-state index contributed by atoms with van der Waals surface area (Å²) in [5.41, 5.74) is 7.17. The minimum absolute atomic E-state index is 0.0201. The van der Waals surface area contributed by atoms with Crippen molar-refractivity contribution in [2.24, 2.45) is 11.7 Å². The Morgan fingerprint density at radius 3 is 1.71 bits per heavy atom. The van der Waals surface area contributed by atoms with Crippen molar-refractivity contribution in [3.63, 3.8) is 0 Å². The van der Waals surface area contributed by atoms with Gasteiger partial charge in [-0.15, -0.1) is 0 Å². The number of carbonyl (C=O) groups is 4. The van der Waals surface area contributed by atoms with Gasteiger partial charge in [-0.05, 0) is 91.8 Å². The van der Waals surface area contributed by atoms with Gasteiger partial charge in [-0.25, -0.2) is 22.4 Å². The van der Waals surface area contributed by atoms with Gasteiger partial charge in [0.15, 0.2) is 0 Å². The van der Waals surface area contributed by atoms with Crippen LogP contribution in [0.5, 0.6) is 11.5 Å². The number of nitrogens with zero attached hydrogens (tertiary/aromatic N) is 2. The molecule has 0 saturated carbocycles. The van der Waals surface area contributed by atoms with Gasteiger partial charge in [-0.2, -0.15) is 16.8 Å². The van der Waals surface area contributed by atoms with E-state index in [-0.39, 0.29) is 53.7 Å². The number of phenols is 2. The van der Waals surface area contributed by atoms with Gasteiger partial charge in [0.1, 0.15) is 30.4 Å². The Balaban J connectivity index is 0.000000233. The molecule has 19 heteroatoms. The minimum atomic E-state index is -3.98. The Hall–Kier alpha value is -5.43. The number of phenolic OH excluding ortho intramolecular Hbond substituents is 2. The molecule has 0 bridgehead atoms. The van der Waals surface area contributed by atoms with Crippen LogP contribution in [-0.2, 0) is 47.6 Å². The summed E-state index contributed by atoms with van der Waals surface area (Å²) in [6, 6.07) is 14.3. The van der Waals surface area contributed by atoms with Crippen molar-refractivity contribution in [3.8, 4) is 11.5 Å². The second-order valence-corrected chi connectivity index (χ2v) is 15.0. The maximum atomic E-state index is 12.9. The van der Waals surface area contributed by atoms with E-state index in [1.807, 2.05) is 9.44 Å². The Kier molecular flexibility index (Phi) is 12.1. The number of nitrogens with two attached hydrogens (primary N) is 1. The highest BCUT2D eigenvalue weighted by atomic mass is 32.2. The molecule has 2 fully saturated rings. The molecule has 274 valence electrons. The quantitative estimate of drug-likeness (QED) is 0.144. The lowest BCUT2D eigenvalue weighted by atomic mass is 10.0. The molecule has 4 amide bonds. The Bertz CT molecular complexity index is 2030. The van der Waals surface area contributed by atoms with Crippen LogP contribution in [0.2, 0.25) is 0 Å². The third-order valence-electron chi connectivity index (χ3n) is 7.88. The second-order valence-electron chi connectivity index (χ2n) is 11.8. The summed E-state index contributed by atoms with van der Waals surface area (Å²) in [6.45, 7) is 1.39. The first kappa shape index (κ1) is 38.4. The highest BCUT2D eigenvalue weighted by Crippen LogP contribution is 2.33. The number of rotatable bonds is 12. The number of anilines is 2. The number of aromatic hydroxyl groups is 2. The zero-order valence-corrected chi connectivity index (χ0v) is 29.0. The molecule has 2 heterocycles. The van der Waals surface area contributed by atoms with E-state index in [1.54, 1.807) is 19.1 Å². The molecular formula is C32H37FN6O10S2. The van der Waals surface area contributed by atoms with Crippen LogP contribution in [0, 0.1) is 11.7 Å². The summed E-state index contributed by atoms with van der Waals surface area (Å²) in [4.78, 5) is 45.4. The fourth-order valence-corrected chi connectivity index (χ4v) is 7.47. The van der Waals surface area contributed by atoms with E-state index in [1.165, 1.54) is 48.5 Å². The average Bonchev–Trinajstić information content (AvgIpc) is 3.49. The molecule has 3 aromatic carbocycles. The zero-order chi connectivity index (χ0) is 37.5. The topological polar surface area (TPSA) is 246 Å². The van der Waals surface area contributed by atoms with E-state index in [2.05, 4.69) is 5.32 Å². The third kappa shape index (κ3) is 10.1. The van der Waals surface area contributed by atoms with E-state index < -0.39 is 38.1 Å². The number of amides is 4. The molecule has 2 aliphatic heterocycles. The van der Waals surface area contributed by atoms with E-state index >= 15 is 0 Å². The number of benzene rings is 3. The molecule has 3 aromatic rings. The monoisotopic (exact) mass is 748 g/mol.